The number of rotatable bonds is 4. The van der Waals surface area contributed by atoms with Crippen LogP contribution in [0.2, 0.25) is 0 Å². The lowest BCUT2D eigenvalue weighted by Gasteiger charge is -2.16. The zero-order valence-corrected chi connectivity index (χ0v) is 13.0. The second-order valence-corrected chi connectivity index (χ2v) is 6.43. The fraction of sp³-hybridized carbons (Fsp3) is 0.500. The van der Waals surface area contributed by atoms with Gasteiger partial charge in [0.15, 0.2) is 5.16 Å². The van der Waals surface area contributed by atoms with Crippen LogP contribution in [-0.4, -0.2) is 14.5 Å². The first kappa shape index (κ1) is 13.7. The third-order valence-corrected chi connectivity index (χ3v) is 5.11. The molecule has 2 aromatic rings. The van der Waals surface area contributed by atoms with Crippen LogP contribution in [-0.2, 0) is 5.75 Å². The summed E-state index contributed by atoms with van der Waals surface area (Å²) in [5, 5.41) is 1.16. The van der Waals surface area contributed by atoms with Gasteiger partial charge in [-0.15, -0.1) is 0 Å². The summed E-state index contributed by atoms with van der Waals surface area (Å²) in [7, 11) is 0. The number of aryl methyl sites for hydroxylation is 1. The number of imidazole rings is 1. The molecule has 1 aliphatic rings. The van der Waals surface area contributed by atoms with E-state index in [1.165, 1.54) is 37.1 Å². The molecule has 3 nitrogen and oxygen atoms in total. The number of hydrogen-bond acceptors (Lipinski definition) is 3. The molecular formula is C16H21N3S. The summed E-state index contributed by atoms with van der Waals surface area (Å²) >= 11 is 1.81. The molecule has 0 bridgehead atoms. The summed E-state index contributed by atoms with van der Waals surface area (Å²) in [6.45, 7) is 4.32. The molecule has 2 aromatic heterocycles. The first-order chi connectivity index (χ1) is 9.75. The van der Waals surface area contributed by atoms with Crippen molar-refractivity contribution in [1.82, 2.24) is 14.5 Å². The van der Waals surface area contributed by atoms with Crippen LogP contribution in [0.3, 0.4) is 0 Å². The number of pyridine rings is 1. The van der Waals surface area contributed by atoms with Crippen molar-refractivity contribution in [3.05, 3.63) is 41.5 Å². The van der Waals surface area contributed by atoms with E-state index in [1.54, 1.807) is 0 Å². The van der Waals surface area contributed by atoms with E-state index in [0.29, 0.717) is 6.04 Å². The first-order valence-corrected chi connectivity index (χ1v) is 8.32. The van der Waals surface area contributed by atoms with E-state index in [-0.39, 0.29) is 0 Å². The smallest absolute Gasteiger partial charge is 0.169 e. The van der Waals surface area contributed by atoms with Gasteiger partial charge in [0.2, 0.25) is 0 Å². The van der Waals surface area contributed by atoms with Gasteiger partial charge in [-0.2, -0.15) is 0 Å². The minimum absolute atomic E-state index is 0.655. The van der Waals surface area contributed by atoms with Gasteiger partial charge < -0.3 is 4.57 Å². The third-order valence-electron chi connectivity index (χ3n) is 4.12. The highest BCUT2D eigenvalue weighted by Crippen LogP contribution is 2.35. The van der Waals surface area contributed by atoms with Crippen LogP contribution in [0.25, 0.3) is 0 Å². The van der Waals surface area contributed by atoms with Crippen molar-refractivity contribution in [2.24, 2.45) is 0 Å². The molecule has 0 radical (unpaired) electrons. The summed E-state index contributed by atoms with van der Waals surface area (Å²) in [6, 6.07) is 6.74. The molecule has 0 aliphatic heterocycles. The molecule has 0 saturated heterocycles. The van der Waals surface area contributed by atoms with Gasteiger partial charge in [-0.25, -0.2) is 4.98 Å². The average molecular weight is 287 g/mol. The Bertz CT molecular complexity index is 571. The fourth-order valence-corrected chi connectivity index (χ4v) is 3.99. The zero-order chi connectivity index (χ0) is 13.9. The number of hydrogen-bond donors (Lipinski definition) is 0. The lowest BCUT2D eigenvalue weighted by molar-refractivity contribution is 0.471. The highest BCUT2D eigenvalue weighted by Gasteiger charge is 2.23. The van der Waals surface area contributed by atoms with E-state index in [2.05, 4.69) is 29.5 Å². The van der Waals surface area contributed by atoms with Gasteiger partial charge in [-0.05, 0) is 38.8 Å². The van der Waals surface area contributed by atoms with Gasteiger partial charge in [0.1, 0.15) is 0 Å². The maximum atomic E-state index is 4.77. The summed E-state index contributed by atoms with van der Waals surface area (Å²) in [4.78, 5) is 9.16. The summed E-state index contributed by atoms with van der Waals surface area (Å²) < 4.78 is 2.47. The molecule has 1 fully saturated rings. The van der Waals surface area contributed by atoms with E-state index in [4.69, 9.17) is 4.98 Å². The molecule has 0 unspecified atom stereocenters. The Morgan fingerprint density at radius 3 is 2.75 bits per heavy atom. The van der Waals surface area contributed by atoms with Gasteiger partial charge in [0, 0.05) is 23.7 Å². The predicted octanol–water partition coefficient (Wildman–Crippen LogP) is 4.30. The van der Waals surface area contributed by atoms with Crippen LogP contribution in [0.4, 0.5) is 0 Å². The van der Waals surface area contributed by atoms with E-state index in [1.807, 2.05) is 30.1 Å². The Morgan fingerprint density at radius 1 is 1.25 bits per heavy atom. The molecule has 2 heterocycles. The van der Waals surface area contributed by atoms with E-state index in [0.717, 1.165) is 16.6 Å². The molecule has 20 heavy (non-hydrogen) atoms. The monoisotopic (exact) mass is 287 g/mol. The minimum Gasteiger partial charge on any atom is -0.320 e. The summed E-state index contributed by atoms with van der Waals surface area (Å²) in [6.07, 6.45) is 7.16. The van der Waals surface area contributed by atoms with Gasteiger partial charge in [-0.1, -0.05) is 30.7 Å². The third kappa shape index (κ3) is 2.75. The van der Waals surface area contributed by atoms with Crippen molar-refractivity contribution in [3.8, 4) is 0 Å². The van der Waals surface area contributed by atoms with Crippen molar-refractivity contribution in [2.75, 3.05) is 0 Å². The van der Waals surface area contributed by atoms with Gasteiger partial charge >= 0.3 is 0 Å². The number of thioether (sulfide) groups is 1. The van der Waals surface area contributed by atoms with Crippen molar-refractivity contribution < 1.29 is 0 Å². The zero-order valence-electron chi connectivity index (χ0n) is 12.2. The van der Waals surface area contributed by atoms with Crippen LogP contribution in [0.1, 0.15) is 48.8 Å². The second-order valence-electron chi connectivity index (χ2n) is 5.48. The topological polar surface area (TPSA) is 30.7 Å². The molecule has 0 amide bonds. The van der Waals surface area contributed by atoms with Crippen LogP contribution < -0.4 is 0 Å². The molecule has 0 spiro atoms. The lowest BCUT2D eigenvalue weighted by atomic mass is 10.2. The Balaban J connectivity index is 1.80. The quantitative estimate of drug-likeness (QED) is 0.785. The van der Waals surface area contributed by atoms with Crippen LogP contribution in [0.5, 0.6) is 0 Å². The van der Waals surface area contributed by atoms with Crippen molar-refractivity contribution in [3.63, 3.8) is 0 Å². The predicted molar refractivity (Wildman–Crippen MR) is 83.0 cm³/mol. The van der Waals surface area contributed by atoms with Crippen molar-refractivity contribution in [1.29, 1.82) is 0 Å². The Kier molecular flexibility index (Phi) is 4.10. The van der Waals surface area contributed by atoms with E-state index in [9.17, 15) is 0 Å². The van der Waals surface area contributed by atoms with E-state index < -0.39 is 0 Å². The van der Waals surface area contributed by atoms with Crippen molar-refractivity contribution in [2.45, 2.75) is 56.5 Å². The maximum Gasteiger partial charge on any atom is 0.169 e. The van der Waals surface area contributed by atoms with Gasteiger partial charge in [0.05, 0.1) is 11.4 Å². The number of aromatic nitrogens is 3. The summed E-state index contributed by atoms with van der Waals surface area (Å²) in [5.74, 6) is 0.892. The standard InChI is InChI=1S/C16H21N3S/c1-12-13(2)19(15-8-3-4-9-15)16(18-12)20-11-14-7-5-6-10-17-14/h5-7,10,15H,3-4,8-9,11H2,1-2H3. The molecule has 106 valence electrons. The highest BCUT2D eigenvalue weighted by atomic mass is 32.2. The molecule has 1 saturated carbocycles. The maximum absolute atomic E-state index is 4.77. The molecule has 3 rings (SSSR count). The molecule has 0 aromatic carbocycles. The van der Waals surface area contributed by atoms with E-state index >= 15 is 0 Å². The second kappa shape index (κ2) is 6.00. The SMILES string of the molecule is Cc1nc(SCc2ccccn2)n(C2CCCC2)c1C. The molecule has 4 heteroatoms. The van der Waals surface area contributed by atoms with Crippen LogP contribution in [0.15, 0.2) is 29.6 Å². The Hall–Kier alpha value is -1.29. The minimum atomic E-state index is 0.655. The molecule has 0 atom stereocenters. The first-order valence-electron chi connectivity index (χ1n) is 7.34. The van der Waals surface area contributed by atoms with Crippen molar-refractivity contribution >= 4 is 11.8 Å². The lowest BCUT2D eigenvalue weighted by Crippen LogP contribution is -2.08. The van der Waals surface area contributed by atoms with Gasteiger partial charge in [-0.3, -0.25) is 4.98 Å². The molecule has 0 N–H and O–H groups in total. The largest absolute Gasteiger partial charge is 0.320 e. The average Bonchev–Trinajstić information content (AvgIpc) is 3.07. The van der Waals surface area contributed by atoms with Gasteiger partial charge in [0.25, 0.3) is 0 Å². The number of nitrogens with zero attached hydrogens (tertiary/aromatic N) is 3. The molecule has 1 aliphatic carbocycles. The highest BCUT2D eigenvalue weighted by molar-refractivity contribution is 7.98. The normalized spacial score (nSPS) is 15.9. The van der Waals surface area contributed by atoms with Crippen LogP contribution in [0, 0.1) is 13.8 Å². The Morgan fingerprint density at radius 2 is 2.05 bits per heavy atom. The Labute approximate surface area is 124 Å². The fourth-order valence-electron chi connectivity index (χ4n) is 2.91. The van der Waals surface area contributed by atoms with Crippen LogP contribution >= 0.6 is 11.8 Å². The molecular weight excluding hydrogens is 266 g/mol. The summed E-state index contributed by atoms with van der Waals surface area (Å²) in [5.41, 5.74) is 3.62.